The van der Waals surface area contributed by atoms with E-state index in [-0.39, 0.29) is 51.4 Å². The molecule has 0 unspecified atom stereocenters. The molecule has 2 nitrogen and oxygen atoms in total. The second-order valence-electron chi connectivity index (χ2n) is 3.07. The molecular formula is C12H11KN2. The molecule has 0 aliphatic heterocycles. The van der Waals surface area contributed by atoms with Crippen molar-refractivity contribution < 1.29 is 51.4 Å². The van der Waals surface area contributed by atoms with Gasteiger partial charge in [-0.1, -0.05) is 30.3 Å². The molecule has 2 aromatic rings. The topological polar surface area (TPSA) is 35.8 Å². The van der Waals surface area contributed by atoms with Gasteiger partial charge in [0, 0.05) is 11.4 Å². The van der Waals surface area contributed by atoms with Gasteiger partial charge in [-0.05, 0) is 24.3 Å². The molecule has 0 amide bonds. The predicted molar refractivity (Wildman–Crippen MR) is 60.1 cm³/mol. The molecular weight excluding hydrogens is 211 g/mol. The molecule has 2 N–H and O–H groups in total. The van der Waals surface area contributed by atoms with Gasteiger partial charge in [-0.3, -0.25) is 0 Å². The van der Waals surface area contributed by atoms with Crippen LogP contribution < -0.4 is 56.7 Å². The summed E-state index contributed by atoms with van der Waals surface area (Å²) >= 11 is 0. The summed E-state index contributed by atoms with van der Waals surface area (Å²) in [6, 6.07) is 17.3. The monoisotopic (exact) mass is 222 g/mol. The second kappa shape index (κ2) is 6.30. The van der Waals surface area contributed by atoms with Crippen LogP contribution in [0.5, 0.6) is 0 Å². The molecule has 0 saturated heterocycles. The first-order valence-corrected chi connectivity index (χ1v) is 4.48. The molecule has 0 spiro atoms. The van der Waals surface area contributed by atoms with Crippen molar-refractivity contribution in [2.24, 2.45) is 0 Å². The molecule has 0 heterocycles. The Labute approximate surface area is 132 Å². The third kappa shape index (κ3) is 3.97. The average molecular weight is 222 g/mol. The molecule has 3 heteroatoms. The predicted octanol–water partition coefficient (Wildman–Crippen LogP) is 1.12. The summed E-state index contributed by atoms with van der Waals surface area (Å²) in [7, 11) is 0. The first-order chi connectivity index (χ1) is 6.84. The summed E-state index contributed by atoms with van der Waals surface area (Å²) < 4.78 is 0. The van der Waals surface area contributed by atoms with Crippen molar-refractivity contribution in [3.05, 3.63) is 60.3 Å². The first-order valence-electron chi connectivity index (χ1n) is 4.48. The van der Waals surface area contributed by atoms with E-state index in [1.165, 1.54) is 0 Å². The number of hydrogen-bond acceptors (Lipinski definition) is 1. The quantitative estimate of drug-likeness (QED) is 0.759. The van der Waals surface area contributed by atoms with Crippen molar-refractivity contribution in [1.82, 2.24) is 0 Å². The summed E-state index contributed by atoms with van der Waals surface area (Å²) in [5, 5.41) is 3.25. The van der Waals surface area contributed by atoms with Crippen LogP contribution in [0.3, 0.4) is 0 Å². The number of hydrogen-bond donors (Lipinski definition) is 1. The zero-order valence-electron chi connectivity index (χ0n) is 8.70. The Kier molecular flexibility index (Phi) is 5.35. The summed E-state index contributed by atoms with van der Waals surface area (Å²) in [6.45, 7) is 0. The minimum atomic E-state index is 0. The van der Waals surface area contributed by atoms with Crippen LogP contribution in [0.1, 0.15) is 0 Å². The maximum atomic E-state index is 7.34. The Balaban J connectivity index is 0.00000112. The van der Waals surface area contributed by atoms with Crippen LogP contribution in [-0.2, 0) is 0 Å². The van der Waals surface area contributed by atoms with Crippen molar-refractivity contribution in [2.75, 3.05) is 5.32 Å². The van der Waals surface area contributed by atoms with Gasteiger partial charge in [0.1, 0.15) is 0 Å². The molecule has 0 aliphatic rings. The molecule has 0 aliphatic carbocycles. The van der Waals surface area contributed by atoms with Crippen molar-refractivity contribution in [2.45, 2.75) is 0 Å². The molecule has 0 saturated carbocycles. The Hall–Kier alpha value is -0.324. The van der Waals surface area contributed by atoms with E-state index in [1.54, 1.807) is 12.1 Å². The zero-order chi connectivity index (χ0) is 9.80. The summed E-state index contributed by atoms with van der Waals surface area (Å²) in [6.07, 6.45) is 0. The Morgan fingerprint density at radius 1 is 0.733 bits per heavy atom. The van der Waals surface area contributed by atoms with Gasteiger partial charge in [0.05, 0.1) is 0 Å². The van der Waals surface area contributed by atoms with Crippen molar-refractivity contribution in [3.8, 4) is 0 Å². The SMILES string of the molecule is [K+].[NH-]c1ccc(Nc2ccccc2)cc1. The number of para-hydroxylation sites is 1. The van der Waals surface area contributed by atoms with E-state index in [0.29, 0.717) is 5.69 Å². The van der Waals surface area contributed by atoms with Crippen LogP contribution in [0, 0.1) is 0 Å². The van der Waals surface area contributed by atoms with Crippen LogP contribution >= 0.6 is 0 Å². The van der Waals surface area contributed by atoms with Gasteiger partial charge >= 0.3 is 51.4 Å². The van der Waals surface area contributed by atoms with Crippen LogP contribution in [0.2, 0.25) is 0 Å². The van der Waals surface area contributed by atoms with Crippen LogP contribution in [0.25, 0.3) is 5.73 Å². The maximum absolute atomic E-state index is 7.34. The number of nitrogens with one attached hydrogen (secondary N) is 2. The van der Waals surface area contributed by atoms with Crippen LogP contribution in [0.4, 0.5) is 17.1 Å². The van der Waals surface area contributed by atoms with E-state index in [4.69, 9.17) is 5.73 Å². The summed E-state index contributed by atoms with van der Waals surface area (Å²) in [5.74, 6) is 0. The Morgan fingerprint density at radius 2 is 1.27 bits per heavy atom. The maximum Gasteiger partial charge on any atom is 1.00 e. The molecule has 15 heavy (non-hydrogen) atoms. The van der Waals surface area contributed by atoms with Gasteiger partial charge in [-0.25, -0.2) is 0 Å². The van der Waals surface area contributed by atoms with E-state index < -0.39 is 0 Å². The number of anilines is 2. The molecule has 0 radical (unpaired) electrons. The molecule has 0 bridgehead atoms. The third-order valence-corrected chi connectivity index (χ3v) is 1.95. The minimum Gasteiger partial charge on any atom is -0.699 e. The van der Waals surface area contributed by atoms with E-state index >= 15 is 0 Å². The normalized spacial score (nSPS) is 9.07. The average Bonchev–Trinajstić information content (AvgIpc) is 2.23. The Morgan fingerprint density at radius 3 is 1.87 bits per heavy atom. The zero-order valence-corrected chi connectivity index (χ0v) is 11.8. The van der Waals surface area contributed by atoms with Crippen molar-refractivity contribution in [3.63, 3.8) is 0 Å². The molecule has 0 fully saturated rings. The third-order valence-electron chi connectivity index (χ3n) is 1.95. The Bertz CT molecular complexity index is 398. The fraction of sp³-hybridized carbons (Fsp3) is 0. The second-order valence-corrected chi connectivity index (χ2v) is 3.07. The molecule has 70 valence electrons. The standard InChI is InChI=1S/C12H11N2.K/c13-10-6-8-12(9-7-10)14-11-4-2-1-3-5-11;/h1-9,13-14H;/q-1;+1. The number of rotatable bonds is 2. The van der Waals surface area contributed by atoms with E-state index in [0.717, 1.165) is 11.4 Å². The van der Waals surface area contributed by atoms with Gasteiger partial charge in [0.25, 0.3) is 0 Å². The van der Waals surface area contributed by atoms with E-state index in [2.05, 4.69) is 5.32 Å². The van der Waals surface area contributed by atoms with Gasteiger partial charge in [0.2, 0.25) is 0 Å². The minimum absolute atomic E-state index is 0. The fourth-order valence-corrected chi connectivity index (χ4v) is 1.24. The van der Waals surface area contributed by atoms with Crippen LogP contribution in [-0.4, -0.2) is 0 Å². The molecule has 2 rings (SSSR count). The molecule has 2 aromatic carbocycles. The summed E-state index contributed by atoms with van der Waals surface area (Å²) in [5.41, 5.74) is 9.94. The van der Waals surface area contributed by atoms with Crippen molar-refractivity contribution >= 4 is 17.1 Å². The molecule has 0 atom stereocenters. The number of benzene rings is 2. The van der Waals surface area contributed by atoms with Gasteiger partial charge < -0.3 is 11.1 Å². The van der Waals surface area contributed by atoms with Crippen molar-refractivity contribution in [1.29, 1.82) is 0 Å². The van der Waals surface area contributed by atoms with Gasteiger partial charge in [0.15, 0.2) is 0 Å². The van der Waals surface area contributed by atoms with Gasteiger partial charge in [-0.2, -0.15) is 0 Å². The smallest absolute Gasteiger partial charge is 0.699 e. The summed E-state index contributed by atoms with van der Waals surface area (Å²) in [4.78, 5) is 0. The largest absolute Gasteiger partial charge is 1.00 e. The van der Waals surface area contributed by atoms with Crippen LogP contribution in [0.15, 0.2) is 54.6 Å². The van der Waals surface area contributed by atoms with Gasteiger partial charge in [-0.15, -0.1) is 5.69 Å². The fourth-order valence-electron chi connectivity index (χ4n) is 1.24. The van der Waals surface area contributed by atoms with E-state index in [1.807, 2.05) is 42.5 Å². The first kappa shape index (κ1) is 12.7. The van der Waals surface area contributed by atoms with E-state index in [9.17, 15) is 0 Å². The molecule has 0 aromatic heterocycles.